The van der Waals surface area contributed by atoms with Crippen molar-refractivity contribution in [1.82, 2.24) is 9.80 Å². The summed E-state index contributed by atoms with van der Waals surface area (Å²) in [5, 5.41) is 2.62. The Bertz CT molecular complexity index is 993. The fourth-order valence-electron chi connectivity index (χ4n) is 3.14. The summed E-state index contributed by atoms with van der Waals surface area (Å²) in [6.45, 7) is 2.28. The number of benzene rings is 2. The van der Waals surface area contributed by atoms with E-state index in [1.54, 1.807) is 37.3 Å². The molecule has 9 heteroatoms. The largest absolute Gasteiger partial charge is 0.462 e. The SMILES string of the molecule is CCOC(=O)c1cccc(NC(=O)CN2CCN(Cc3ccc(F)cc3)C(=O)C2=O)c1. The summed E-state index contributed by atoms with van der Waals surface area (Å²) in [6.07, 6.45) is 0. The molecule has 8 nitrogen and oxygen atoms in total. The number of rotatable bonds is 7. The molecule has 1 aliphatic rings. The van der Waals surface area contributed by atoms with Crippen molar-refractivity contribution in [1.29, 1.82) is 0 Å². The molecule has 1 heterocycles. The number of amides is 3. The van der Waals surface area contributed by atoms with Gasteiger partial charge in [0.25, 0.3) is 0 Å². The van der Waals surface area contributed by atoms with E-state index in [0.717, 1.165) is 0 Å². The van der Waals surface area contributed by atoms with Gasteiger partial charge in [-0.15, -0.1) is 0 Å². The Labute approximate surface area is 178 Å². The summed E-state index contributed by atoms with van der Waals surface area (Å²) in [5.41, 5.74) is 1.37. The standard InChI is InChI=1S/C22H22FN3O5/c1-2-31-22(30)16-4-3-5-18(12-16)24-19(27)14-26-11-10-25(20(28)21(26)29)13-15-6-8-17(23)9-7-15/h3-9,12H,2,10-11,13-14H2,1H3,(H,24,27). The zero-order valence-electron chi connectivity index (χ0n) is 17.0. The predicted octanol–water partition coefficient (Wildman–Crippen LogP) is 1.81. The third-order valence-electron chi connectivity index (χ3n) is 4.68. The average Bonchev–Trinajstić information content (AvgIpc) is 2.75. The van der Waals surface area contributed by atoms with E-state index in [4.69, 9.17) is 4.74 Å². The Hall–Kier alpha value is -3.75. The van der Waals surface area contributed by atoms with E-state index in [1.165, 1.54) is 28.0 Å². The van der Waals surface area contributed by atoms with Crippen LogP contribution in [-0.4, -0.2) is 59.7 Å². The van der Waals surface area contributed by atoms with E-state index >= 15 is 0 Å². The second-order valence-electron chi connectivity index (χ2n) is 6.93. The normalized spacial score (nSPS) is 13.9. The molecule has 1 saturated heterocycles. The number of hydrogen-bond acceptors (Lipinski definition) is 5. The first-order chi connectivity index (χ1) is 14.9. The Morgan fingerprint density at radius 2 is 1.71 bits per heavy atom. The van der Waals surface area contributed by atoms with Crippen molar-refractivity contribution in [2.75, 3.05) is 31.6 Å². The number of ether oxygens (including phenoxy) is 1. The van der Waals surface area contributed by atoms with Gasteiger partial charge in [0, 0.05) is 25.3 Å². The number of halogens is 1. The second-order valence-corrected chi connectivity index (χ2v) is 6.93. The van der Waals surface area contributed by atoms with Crippen LogP contribution in [0.3, 0.4) is 0 Å². The summed E-state index contributed by atoms with van der Waals surface area (Å²) < 4.78 is 18.0. The molecule has 3 rings (SSSR count). The van der Waals surface area contributed by atoms with E-state index in [0.29, 0.717) is 16.8 Å². The molecular formula is C22H22FN3O5. The van der Waals surface area contributed by atoms with Gasteiger partial charge in [-0.1, -0.05) is 18.2 Å². The monoisotopic (exact) mass is 427 g/mol. The highest BCUT2D eigenvalue weighted by atomic mass is 19.1. The van der Waals surface area contributed by atoms with Crippen molar-refractivity contribution in [3.05, 3.63) is 65.5 Å². The van der Waals surface area contributed by atoms with E-state index in [9.17, 15) is 23.6 Å². The molecule has 2 aromatic rings. The van der Waals surface area contributed by atoms with Gasteiger partial charge >= 0.3 is 17.8 Å². The lowest BCUT2D eigenvalue weighted by molar-refractivity contribution is -0.157. The Morgan fingerprint density at radius 3 is 2.42 bits per heavy atom. The fraction of sp³-hybridized carbons (Fsp3) is 0.273. The lowest BCUT2D eigenvalue weighted by atomic mass is 10.2. The number of carbonyl (C=O) groups is 4. The maximum atomic E-state index is 13.0. The predicted molar refractivity (Wildman–Crippen MR) is 109 cm³/mol. The Morgan fingerprint density at radius 1 is 1.03 bits per heavy atom. The number of esters is 1. The zero-order chi connectivity index (χ0) is 22.4. The van der Waals surface area contributed by atoms with Crippen LogP contribution in [0.25, 0.3) is 0 Å². The van der Waals surface area contributed by atoms with E-state index in [2.05, 4.69) is 5.32 Å². The van der Waals surface area contributed by atoms with Gasteiger partial charge in [0.2, 0.25) is 5.91 Å². The van der Waals surface area contributed by atoms with Crippen LogP contribution in [-0.2, 0) is 25.7 Å². The first kappa shape index (κ1) is 21.9. The molecule has 2 aromatic carbocycles. The molecule has 0 aliphatic carbocycles. The third-order valence-corrected chi connectivity index (χ3v) is 4.68. The van der Waals surface area contributed by atoms with Crippen molar-refractivity contribution in [3.63, 3.8) is 0 Å². The molecule has 31 heavy (non-hydrogen) atoms. The van der Waals surface area contributed by atoms with E-state index < -0.39 is 23.7 Å². The fourth-order valence-corrected chi connectivity index (χ4v) is 3.14. The van der Waals surface area contributed by atoms with Crippen molar-refractivity contribution >= 4 is 29.4 Å². The van der Waals surface area contributed by atoms with Gasteiger partial charge in [0.1, 0.15) is 12.4 Å². The molecule has 0 spiro atoms. The van der Waals surface area contributed by atoms with Crippen LogP contribution in [0.4, 0.5) is 10.1 Å². The molecule has 0 bridgehead atoms. The highest BCUT2D eigenvalue weighted by Crippen LogP contribution is 2.14. The Balaban J connectivity index is 1.56. The van der Waals surface area contributed by atoms with Gasteiger partial charge in [-0.25, -0.2) is 9.18 Å². The summed E-state index contributed by atoms with van der Waals surface area (Å²) in [5.74, 6) is -2.86. The minimum absolute atomic E-state index is 0.186. The van der Waals surface area contributed by atoms with Crippen LogP contribution >= 0.6 is 0 Å². The highest BCUT2D eigenvalue weighted by molar-refractivity contribution is 6.35. The minimum Gasteiger partial charge on any atom is -0.462 e. The van der Waals surface area contributed by atoms with Gasteiger partial charge in [0.15, 0.2) is 0 Å². The van der Waals surface area contributed by atoms with E-state index in [1.807, 2.05) is 0 Å². The second kappa shape index (κ2) is 9.84. The quantitative estimate of drug-likeness (QED) is 0.537. The van der Waals surface area contributed by atoms with Crippen LogP contribution in [0.2, 0.25) is 0 Å². The van der Waals surface area contributed by atoms with Gasteiger partial charge in [-0.3, -0.25) is 14.4 Å². The first-order valence-corrected chi connectivity index (χ1v) is 9.77. The van der Waals surface area contributed by atoms with Crippen LogP contribution in [0, 0.1) is 5.82 Å². The van der Waals surface area contributed by atoms with Crippen molar-refractivity contribution < 1.29 is 28.3 Å². The number of nitrogens with one attached hydrogen (secondary N) is 1. The van der Waals surface area contributed by atoms with Crippen LogP contribution in [0.15, 0.2) is 48.5 Å². The molecule has 162 valence electrons. The summed E-state index contributed by atoms with van der Waals surface area (Å²) in [7, 11) is 0. The molecule has 1 N–H and O–H groups in total. The molecule has 3 amide bonds. The van der Waals surface area contributed by atoms with Gasteiger partial charge in [-0.05, 0) is 42.8 Å². The molecule has 1 fully saturated rings. The maximum absolute atomic E-state index is 13.0. The lowest BCUT2D eigenvalue weighted by Crippen LogP contribution is -2.55. The average molecular weight is 427 g/mol. The van der Waals surface area contributed by atoms with Crippen LogP contribution in [0.1, 0.15) is 22.8 Å². The molecule has 0 saturated carbocycles. The smallest absolute Gasteiger partial charge is 0.338 e. The van der Waals surface area contributed by atoms with Crippen molar-refractivity contribution in [2.45, 2.75) is 13.5 Å². The summed E-state index contributed by atoms with van der Waals surface area (Å²) in [4.78, 5) is 51.5. The highest BCUT2D eigenvalue weighted by Gasteiger charge is 2.33. The maximum Gasteiger partial charge on any atom is 0.338 e. The number of hydrogen-bond donors (Lipinski definition) is 1. The van der Waals surface area contributed by atoms with E-state index in [-0.39, 0.29) is 38.6 Å². The number of carbonyl (C=O) groups excluding carboxylic acids is 4. The molecular weight excluding hydrogens is 405 g/mol. The first-order valence-electron chi connectivity index (χ1n) is 9.77. The molecule has 0 atom stereocenters. The molecule has 0 radical (unpaired) electrons. The minimum atomic E-state index is -0.774. The number of piperazine rings is 1. The van der Waals surface area contributed by atoms with Gasteiger partial charge in [0.05, 0.1) is 12.2 Å². The third kappa shape index (κ3) is 5.65. The van der Waals surface area contributed by atoms with Crippen LogP contribution in [0.5, 0.6) is 0 Å². The number of anilines is 1. The summed E-state index contributed by atoms with van der Waals surface area (Å²) in [6, 6.07) is 11.9. The van der Waals surface area contributed by atoms with Crippen molar-refractivity contribution in [2.24, 2.45) is 0 Å². The topological polar surface area (TPSA) is 96.0 Å². The van der Waals surface area contributed by atoms with Gasteiger partial charge in [-0.2, -0.15) is 0 Å². The zero-order valence-corrected chi connectivity index (χ0v) is 17.0. The molecule has 0 unspecified atom stereocenters. The number of nitrogens with zero attached hydrogens (tertiary/aromatic N) is 2. The molecule has 0 aromatic heterocycles. The molecule has 1 aliphatic heterocycles. The summed E-state index contributed by atoms with van der Waals surface area (Å²) >= 11 is 0. The van der Waals surface area contributed by atoms with Crippen LogP contribution < -0.4 is 5.32 Å². The lowest BCUT2D eigenvalue weighted by Gasteiger charge is -2.33. The Kier molecular flexibility index (Phi) is 6.96. The van der Waals surface area contributed by atoms with Crippen molar-refractivity contribution in [3.8, 4) is 0 Å². The van der Waals surface area contributed by atoms with Gasteiger partial charge < -0.3 is 19.9 Å².